The molecule has 0 heterocycles. The number of halogens is 1. The van der Waals surface area contributed by atoms with E-state index in [0.29, 0.717) is 24.0 Å². The molecule has 14 heavy (non-hydrogen) atoms. The molecular formula is C10H13ClO3. The summed E-state index contributed by atoms with van der Waals surface area (Å²) in [6.07, 6.45) is 0. The van der Waals surface area contributed by atoms with Gasteiger partial charge in [0.15, 0.2) is 11.5 Å². The van der Waals surface area contributed by atoms with Gasteiger partial charge in [0.1, 0.15) is 12.4 Å². The van der Waals surface area contributed by atoms with E-state index < -0.39 is 0 Å². The Bertz CT molecular complexity index is 289. The van der Waals surface area contributed by atoms with Crippen molar-refractivity contribution >= 4 is 11.6 Å². The van der Waals surface area contributed by atoms with Crippen molar-refractivity contribution in [2.24, 2.45) is 0 Å². The molecule has 0 aliphatic heterocycles. The Kier molecular flexibility index (Phi) is 4.40. The zero-order chi connectivity index (χ0) is 10.4. The molecule has 0 amide bonds. The highest BCUT2D eigenvalue weighted by Crippen LogP contribution is 2.30. The number of ether oxygens (including phenoxy) is 3. The van der Waals surface area contributed by atoms with Crippen LogP contribution in [0.1, 0.15) is 0 Å². The number of rotatable bonds is 5. The predicted molar refractivity (Wildman–Crippen MR) is 55.8 cm³/mol. The summed E-state index contributed by atoms with van der Waals surface area (Å²) < 4.78 is 15.5. The molecule has 0 unspecified atom stereocenters. The molecule has 78 valence electrons. The van der Waals surface area contributed by atoms with Gasteiger partial charge >= 0.3 is 0 Å². The van der Waals surface area contributed by atoms with Gasteiger partial charge in [-0.15, -0.1) is 11.6 Å². The second-order valence-corrected chi connectivity index (χ2v) is 2.93. The maximum Gasteiger partial charge on any atom is 0.164 e. The van der Waals surface area contributed by atoms with Gasteiger partial charge in [-0.25, -0.2) is 0 Å². The van der Waals surface area contributed by atoms with E-state index in [1.54, 1.807) is 26.4 Å². The monoisotopic (exact) mass is 216 g/mol. The van der Waals surface area contributed by atoms with Crippen molar-refractivity contribution < 1.29 is 14.2 Å². The van der Waals surface area contributed by atoms with Gasteiger partial charge in [-0.2, -0.15) is 0 Å². The molecule has 1 aromatic carbocycles. The van der Waals surface area contributed by atoms with Gasteiger partial charge in [0.05, 0.1) is 20.1 Å². The van der Waals surface area contributed by atoms with Crippen LogP contribution in [0.5, 0.6) is 17.2 Å². The van der Waals surface area contributed by atoms with Crippen LogP contribution in [0.15, 0.2) is 18.2 Å². The second kappa shape index (κ2) is 5.60. The third-order valence-corrected chi connectivity index (χ3v) is 1.86. The molecule has 0 radical (unpaired) electrons. The zero-order valence-corrected chi connectivity index (χ0v) is 9.00. The Morgan fingerprint density at radius 2 is 1.86 bits per heavy atom. The van der Waals surface area contributed by atoms with E-state index in [-0.39, 0.29) is 0 Å². The molecular weight excluding hydrogens is 204 g/mol. The Balaban J connectivity index is 2.79. The minimum atomic E-state index is 0.467. The molecule has 0 bridgehead atoms. The van der Waals surface area contributed by atoms with Crippen molar-refractivity contribution in [1.29, 1.82) is 0 Å². The lowest BCUT2D eigenvalue weighted by molar-refractivity contribution is 0.329. The van der Waals surface area contributed by atoms with Crippen molar-refractivity contribution in [1.82, 2.24) is 0 Å². The first-order valence-corrected chi connectivity index (χ1v) is 4.76. The largest absolute Gasteiger partial charge is 0.493 e. The summed E-state index contributed by atoms with van der Waals surface area (Å²) in [7, 11) is 3.18. The molecule has 0 aliphatic rings. The summed E-state index contributed by atoms with van der Waals surface area (Å²) in [5, 5.41) is 0. The second-order valence-electron chi connectivity index (χ2n) is 2.55. The smallest absolute Gasteiger partial charge is 0.164 e. The number of alkyl halides is 1. The normalized spacial score (nSPS) is 9.64. The van der Waals surface area contributed by atoms with Gasteiger partial charge in [-0.3, -0.25) is 0 Å². The van der Waals surface area contributed by atoms with Gasteiger partial charge in [0.2, 0.25) is 0 Å². The highest BCUT2D eigenvalue weighted by molar-refractivity contribution is 6.17. The van der Waals surface area contributed by atoms with Crippen molar-refractivity contribution in [3.05, 3.63) is 18.2 Å². The topological polar surface area (TPSA) is 27.7 Å². The molecule has 1 rings (SSSR count). The van der Waals surface area contributed by atoms with Gasteiger partial charge in [0.25, 0.3) is 0 Å². The third-order valence-electron chi connectivity index (χ3n) is 1.70. The minimum absolute atomic E-state index is 0.467. The Labute approximate surface area is 88.5 Å². The molecule has 0 atom stereocenters. The van der Waals surface area contributed by atoms with E-state index in [9.17, 15) is 0 Å². The summed E-state index contributed by atoms with van der Waals surface area (Å²) in [5.41, 5.74) is 0. The van der Waals surface area contributed by atoms with Gasteiger partial charge < -0.3 is 14.2 Å². The number of benzene rings is 1. The molecule has 0 aromatic heterocycles. The van der Waals surface area contributed by atoms with Gasteiger partial charge in [-0.05, 0) is 12.1 Å². The Morgan fingerprint density at radius 3 is 2.43 bits per heavy atom. The SMILES string of the molecule is COc1ccc(OCCCl)cc1OC. The fourth-order valence-corrected chi connectivity index (χ4v) is 1.14. The fraction of sp³-hybridized carbons (Fsp3) is 0.400. The van der Waals surface area contributed by atoms with E-state index in [0.717, 1.165) is 5.75 Å². The van der Waals surface area contributed by atoms with Crippen LogP contribution in [0.4, 0.5) is 0 Å². The maximum absolute atomic E-state index is 5.50. The van der Waals surface area contributed by atoms with E-state index >= 15 is 0 Å². The van der Waals surface area contributed by atoms with Crippen LogP contribution >= 0.6 is 11.6 Å². The maximum atomic E-state index is 5.50. The standard InChI is InChI=1S/C10H13ClO3/c1-12-9-4-3-8(14-6-5-11)7-10(9)13-2/h3-4,7H,5-6H2,1-2H3. The predicted octanol–water partition coefficient (Wildman–Crippen LogP) is 2.32. The third kappa shape index (κ3) is 2.70. The summed E-state index contributed by atoms with van der Waals surface area (Å²) >= 11 is 5.50. The van der Waals surface area contributed by atoms with Crippen LogP contribution in [0.2, 0.25) is 0 Å². The van der Waals surface area contributed by atoms with E-state index in [1.165, 1.54) is 0 Å². The highest BCUT2D eigenvalue weighted by atomic mass is 35.5. The summed E-state index contributed by atoms with van der Waals surface area (Å²) in [6.45, 7) is 0.483. The van der Waals surface area contributed by atoms with Crippen molar-refractivity contribution in [2.75, 3.05) is 26.7 Å². The Hall–Kier alpha value is -1.09. The number of hydrogen-bond donors (Lipinski definition) is 0. The molecule has 0 fully saturated rings. The molecule has 4 heteroatoms. The first-order valence-electron chi connectivity index (χ1n) is 4.22. The van der Waals surface area contributed by atoms with Crippen LogP contribution in [0.25, 0.3) is 0 Å². The average Bonchev–Trinajstić information content (AvgIpc) is 2.25. The minimum Gasteiger partial charge on any atom is -0.493 e. The van der Waals surface area contributed by atoms with Crippen molar-refractivity contribution in [2.45, 2.75) is 0 Å². The Morgan fingerprint density at radius 1 is 1.14 bits per heavy atom. The van der Waals surface area contributed by atoms with Crippen LogP contribution in [-0.4, -0.2) is 26.7 Å². The van der Waals surface area contributed by atoms with Gasteiger partial charge in [0, 0.05) is 6.07 Å². The fourth-order valence-electron chi connectivity index (χ4n) is 1.06. The molecule has 3 nitrogen and oxygen atoms in total. The quantitative estimate of drug-likeness (QED) is 0.707. The summed E-state index contributed by atoms with van der Waals surface area (Å²) in [6, 6.07) is 5.38. The summed E-state index contributed by atoms with van der Waals surface area (Å²) in [4.78, 5) is 0. The highest BCUT2D eigenvalue weighted by Gasteiger charge is 2.04. The lowest BCUT2D eigenvalue weighted by atomic mass is 10.3. The summed E-state index contributed by atoms with van der Waals surface area (Å²) in [5.74, 6) is 2.53. The average molecular weight is 217 g/mol. The molecule has 0 aliphatic carbocycles. The first-order chi connectivity index (χ1) is 6.81. The number of hydrogen-bond acceptors (Lipinski definition) is 3. The number of methoxy groups -OCH3 is 2. The van der Waals surface area contributed by atoms with E-state index in [2.05, 4.69) is 0 Å². The van der Waals surface area contributed by atoms with Crippen LogP contribution in [0, 0.1) is 0 Å². The molecule has 0 N–H and O–H groups in total. The first kappa shape index (κ1) is 11.0. The zero-order valence-electron chi connectivity index (χ0n) is 8.25. The molecule has 0 spiro atoms. The van der Waals surface area contributed by atoms with Crippen molar-refractivity contribution in [3.63, 3.8) is 0 Å². The molecule has 0 saturated heterocycles. The lowest BCUT2D eigenvalue weighted by Crippen LogP contribution is -1.98. The molecule has 0 saturated carbocycles. The van der Waals surface area contributed by atoms with Crippen LogP contribution in [0.3, 0.4) is 0 Å². The lowest BCUT2D eigenvalue weighted by Gasteiger charge is -2.09. The van der Waals surface area contributed by atoms with Crippen LogP contribution in [-0.2, 0) is 0 Å². The van der Waals surface area contributed by atoms with E-state index in [1.807, 2.05) is 6.07 Å². The molecule has 1 aromatic rings. The van der Waals surface area contributed by atoms with Crippen molar-refractivity contribution in [3.8, 4) is 17.2 Å². The van der Waals surface area contributed by atoms with Gasteiger partial charge in [-0.1, -0.05) is 0 Å². The van der Waals surface area contributed by atoms with E-state index in [4.69, 9.17) is 25.8 Å². The van der Waals surface area contributed by atoms with Crippen LogP contribution < -0.4 is 14.2 Å².